The van der Waals surface area contributed by atoms with E-state index in [0.717, 1.165) is 5.69 Å². The third-order valence-corrected chi connectivity index (χ3v) is 1.12. The van der Waals surface area contributed by atoms with Crippen molar-refractivity contribution in [2.24, 2.45) is 5.73 Å². The Hall–Kier alpha value is -0.870. The van der Waals surface area contributed by atoms with Gasteiger partial charge in [0.05, 0.1) is 18.3 Å². The number of aromatic nitrogens is 2. The van der Waals surface area contributed by atoms with Gasteiger partial charge in [0.2, 0.25) is 0 Å². The van der Waals surface area contributed by atoms with Gasteiger partial charge >= 0.3 is 0 Å². The molecule has 1 aromatic heterocycles. The second-order valence-electron chi connectivity index (χ2n) is 1.80. The van der Waals surface area contributed by atoms with E-state index in [1.54, 1.807) is 12.3 Å². The highest BCUT2D eigenvalue weighted by molar-refractivity contribution is 5.02. The van der Waals surface area contributed by atoms with Gasteiger partial charge in [0.1, 0.15) is 0 Å². The van der Waals surface area contributed by atoms with Crippen LogP contribution in [0.1, 0.15) is 11.7 Å². The molecule has 1 unspecified atom stereocenters. The van der Waals surface area contributed by atoms with Gasteiger partial charge in [0, 0.05) is 6.20 Å². The zero-order valence-corrected chi connectivity index (χ0v) is 4.91. The lowest BCUT2D eigenvalue weighted by Crippen LogP contribution is -2.14. The van der Waals surface area contributed by atoms with Crippen molar-refractivity contribution < 1.29 is 5.11 Å². The fourth-order valence-corrected chi connectivity index (χ4v) is 0.571. The number of nitrogens with one attached hydrogen (secondary N) is 1. The van der Waals surface area contributed by atoms with Crippen LogP contribution in [0.5, 0.6) is 0 Å². The van der Waals surface area contributed by atoms with E-state index in [9.17, 15) is 0 Å². The van der Waals surface area contributed by atoms with Crippen LogP contribution in [0, 0.1) is 0 Å². The molecule has 0 radical (unpaired) electrons. The number of aliphatic hydroxyl groups excluding tert-OH is 1. The number of rotatable bonds is 2. The van der Waals surface area contributed by atoms with Crippen LogP contribution in [0.4, 0.5) is 0 Å². The third kappa shape index (κ3) is 1.28. The quantitative estimate of drug-likeness (QED) is 0.496. The molecule has 0 fully saturated rings. The zero-order chi connectivity index (χ0) is 6.69. The predicted molar refractivity (Wildman–Crippen MR) is 32.6 cm³/mol. The molecule has 4 heteroatoms. The number of nitrogens with two attached hydrogens (primary N) is 1. The van der Waals surface area contributed by atoms with Gasteiger partial charge in [-0.15, -0.1) is 0 Å². The van der Waals surface area contributed by atoms with Gasteiger partial charge < -0.3 is 10.8 Å². The number of hydrogen-bond donors (Lipinski definition) is 3. The van der Waals surface area contributed by atoms with Crippen molar-refractivity contribution in [3.8, 4) is 0 Å². The largest absolute Gasteiger partial charge is 0.394 e. The molecule has 0 aromatic carbocycles. The topological polar surface area (TPSA) is 74.9 Å². The number of nitrogens with zero attached hydrogens (tertiary/aromatic N) is 1. The number of hydrogen-bond acceptors (Lipinski definition) is 3. The number of H-pyrrole nitrogens is 1. The smallest absolute Gasteiger partial charge is 0.0699 e. The summed E-state index contributed by atoms with van der Waals surface area (Å²) in [6.45, 7) is -0.0534. The predicted octanol–water partition coefficient (Wildman–Crippen LogP) is -0.598. The van der Waals surface area contributed by atoms with Gasteiger partial charge in [-0.25, -0.2) is 0 Å². The maximum absolute atomic E-state index is 8.53. The second kappa shape index (κ2) is 2.61. The van der Waals surface area contributed by atoms with Crippen molar-refractivity contribution in [1.29, 1.82) is 0 Å². The van der Waals surface area contributed by atoms with Crippen molar-refractivity contribution in [3.05, 3.63) is 18.0 Å². The summed E-state index contributed by atoms with van der Waals surface area (Å²) in [5, 5.41) is 14.9. The highest BCUT2D eigenvalue weighted by atomic mass is 16.3. The first-order valence-electron chi connectivity index (χ1n) is 2.70. The van der Waals surface area contributed by atoms with E-state index in [4.69, 9.17) is 10.8 Å². The summed E-state index contributed by atoms with van der Waals surface area (Å²) in [6.07, 6.45) is 1.60. The van der Waals surface area contributed by atoms with Gasteiger partial charge in [-0.2, -0.15) is 5.10 Å². The Morgan fingerprint density at radius 2 is 2.67 bits per heavy atom. The summed E-state index contributed by atoms with van der Waals surface area (Å²) in [7, 11) is 0. The Balaban J connectivity index is 2.65. The van der Waals surface area contributed by atoms with Crippen LogP contribution < -0.4 is 5.73 Å². The van der Waals surface area contributed by atoms with Gasteiger partial charge in [-0.3, -0.25) is 5.10 Å². The highest BCUT2D eigenvalue weighted by Crippen LogP contribution is 2.02. The molecule has 0 aliphatic rings. The molecule has 0 saturated carbocycles. The third-order valence-electron chi connectivity index (χ3n) is 1.12. The molecule has 0 aliphatic carbocycles. The van der Waals surface area contributed by atoms with Gasteiger partial charge in [-0.05, 0) is 6.07 Å². The molecular weight excluding hydrogens is 118 g/mol. The molecule has 4 nitrogen and oxygen atoms in total. The fourth-order valence-electron chi connectivity index (χ4n) is 0.571. The van der Waals surface area contributed by atoms with Gasteiger partial charge in [0.15, 0.2) is 0 Å². The van der Waals surface area contributed by atoms with E-state index in [1.807, 2.05) is 0 Å². The molecule has 0 spiro atoms. The Labute approximate surface area is 52.7 Å². The van der Waals surface area contributed by atoms with Gasteiger partial charge in [0.25, 0.3) is 0 Å². The lowest BCUT2D eigenvalue weighted by Gasteiger charge is -2.01. The normalized spacial score (nSPS) is 13.6. The van der Waals surface area contributed by atoms with E-state index in [2.05, 4.69) is 10.2 Å². The minimum Gasteiger partial charge on any atom is -0.394 e. The summed E-state index contributed by atoms with van der Waals surface area (Å²) in [5.41, 5.74) is 6.18. The Morgan fingerprint density at radius 1 is 1.89 bits per heavy atom. The molecule has 50 valence electrons. The van der Waals surface area contributed by atoms with Crippen LogP contribution in [-0.4, -0.2) is 21.9 Å². The first kappa shape index (κ1) is 6.25. The van der Waals surface area contributed by atoms with Crippen molar-refractivity contribution in [3.63, 3.8) is 0 Å². The summed E-state index contributed by atoms with van der Waals surface area (Å²) in [4.78, 5) is 0. The molecule has 0 saturated heterocycles. The van der Waals surface area contributed by atoms with E-state index in [0.29, 0.717) is 0 Å². The van der Waals surface area contributed by atoms with E-state index >= 15 is 0 Å². The summed E-state index contributed by atoms with van der Waals surface area (Å²) >= 11 is 0. The Morgan fingerprint density at radius 3 is 3.11 bits per heavy atom. The molecule has 0 bridgehead atoms. The minimum absolute atomic E-state index is 0.0534. The highest BCUT2D eigenvalue weighted by Gasteiger charge is 2.02. The fraction of sp³-hybridized carbons (Fsp3) is 0.400. The number of aliphatic hydroxyl groups is 1. The van der Waals surface area contributed by atoms with Crippen molar-refractivity contribution in [1.82, 2.24) is 10.2 Å². The van der Waals surface area contributed by atoms with Crippen LogP contribution in [0.3, 0.4) is 0 Å². The summed E-state index contributed by atoms with van der Waals surface area (Å²) in [5.74, 6) is 0. The molecule has 1 atom stereocenters. The van der Waals surface area contributed by atoms with Crippen molar-refractivity contribution >= 4 is 0 Å². The number of aromatic amines is 1. The minimum atomic E-state index is -0.326. The first-order valence-corrected chi connectivity index (χ1v) is 2.70. The SMILES string of the molecule is NC(CO)c1ccn[nH]1. The first-order chi connectivity index (χ1) is 4.34. The van der Waals surface area contributed by atoms with Crippen molar-refractivity contribution in [2.75, 3.05) is 6.61 Å². The lowest BCUT2D eigenvalue weighted by molar-refractivity contribution is 0.266. The molecule has 0 aliphatic heterocycles. The average Bonchev–Trinajstić information content (AvgIpc) is 2.37. The lowest BCUT2D eigenvalue weighted by atomic mass is 10.2. The second-order valence-corrected chi connectivity index (χ2v) is 1.80. The molecule has 4 N–H and O–H groups in total. The van der Waals surface area contributed by atoms with Crippen LogP contribution in [0.25, 0.3) is 0 Å². The summed E-state index contributed by atoms with van der Waals surface area (Å²) < 4.78 is 0. The maximum atomic E-state index is 8.53. The Kier molecular flexibility index (Phi) is 1.81. The van der Waals surface area contributed by atoms with E-state index in [-0.39, 0.29) is 12.6 Å². The van der Waals surface area contributed by atoms with E-state index in [1.165, 1.54) is 0 Å². The molecule has 1 rings (SSSR count). The maximum Gasteiger partial charge on any atom is 0.0699 e. The van der Waals surface area contributed by atoms with Crippen LogP contribution in [0.2, 0.25) is 0 Å². The molecule has 0 amide bonds. The summed E-state index contributed by atoms with van der Waals surface area (Å²) in [6, 6.07) is 1.41. The molecule has 1 heterocycles. The molecule has 9 heavy (non-hydrogen) atoms. The zero-order valence-electron chi connectivity index (χ0n) is 4.91. The monoisotopic (exact) mass is 127 g/mol. The van der Waals surface area contributed by atoms with E-state index < -0.39 is 0 Å². The van der Waals surface area contributed by atoms with Crippen molar-refractivity contribution in [2.45, 2.75) is 6.04 Å². The molecule has 1 aromatic rings. The van der Waals surface area contributed by atoms with Crippen LogP contribution in [0.15, 0.2) is 12.3 Å². The Bertz CT molecular complexity index is 161. The van der Waals surface area contributed by atoms with Crippen LogP contribution >= 0.6 is 0 Å². The van der Waals surface area contributed by atoms with Crippen LogP contribution in [-0.2, 0) is 0 Å². The average molecular weight is 127 g/mol. The standard InChI is InChI=1S/C5H9N3O/c6-4(3-9)5-1-2-7-8-5/h1-2,4,9H,3,6H2,(H,7,8). The van der Waals surface area contributed by atoms with Gasteiger partial charge in [-0.1, -0.05) is 0 Å². The molecular formula is C5H9N3O.